The van der Waals surface area contributed by atoms with Gasteiger partial charge in [0.15, 0.2) is 0 Å². The van der Waals surface area contributed by atoms with Crippen LogP contribution in [0.5, 0.6) is 5.75 Å². The van der Waals surface area contributed by atoms with Crippen LogP contribution in [0.3, 0.4) is 0 Å². The first-order valence-electron chi connectivity index (χ1n) is 15.0. The van der Waals surface area contributed by atoms with Gasteiger partial charge in [-0.25, -0.2) is 0 Å². The van der Waals surface area contributed by atoms with Gasteiger partial charge < -0.3 is 15.0 Å². The summed E-state index contributed by atoms with van der Waals surface area (Å²) in [6.45, 7) is 4.43. The van der Waals surface area contributed by atoms with Crippen LogP contribution in [0.2, 0.25) is 10.0 Å². The predicted molar refractivity (Wildman–Crippen MR) is 197 cm³/mol. The second-order valence-corrected chi connectivity index (χ2v) is 14.4. The van der Waals surface area contributed by atoms with E-state index in [0.717, 1.165) is 33.6 Å². The summed E-state index contributed by atoms with van der Waals surface area (Å²) in [5, 5.41) is 12.0. The van der Waals surface area contributed by atoms with Crippen molar-refractivity contribution in [2.75, 3.05) is 19.0 Å². The quantitative estimate of drug-likeness (QED) is 0.182. The van der Waals surface area contributed by atoms with Crippen molar-refractivity contribution in [2.24, 2.45) is 3.50 Å². The Morgan fingerprint density at radius 3 is 1.57 bits per heavy atom. The fourth-order valence-corrected chi connectivity index (χ4v) is 8.12. The van der Waals surface area contributed by atoms with Crippen LogP contribution in [-0.2, 0) is 23.3 Å². The third kappa shape index (κ3) is 10.5. The smallest absolute Gasteiger partial charge is 0.131 e. The summed E-state index contributed by atoms with van der Waals surface area (Å²) in [6, 6.07) is 43.8. The molecule has 0 atom stereocenters. The molecule has 7 heteroatoms. The monoisotopic (exact) mass is 830 g/mol. The Balaban J connectivity index is 0.000000186. The van der Waals surface area contributed by atoms with E-state index in [2.05, 4.69) is 55.9 Å². The molecule has 0 saturated heterocycles. The van der Waals surface area contributed by atoms with Gasteiger partial charge in [0.05, 0.1) is 0 Å². The summed E-state index contributed by atoms with van der Waals surface area (Å²) >= 11 is 11.3. The van der Waals surface area contributed by atoms with E-state index in [-0.39, 0.29) is 5.41 Å². The summed E-state index contributed by atoms with van der Waals surface area (Å²) in [6.07, 6.45) is 3.50. The maximum Gasteiger partial charge on any atom is 0.131 e. The SMILES string of the molecule is CC(C)([CH]=[W]=[N]c1c(Cl)cccc1Cl)c1ccccc1.CN(C)c1cc(-c2ccccc2)c(O)c(-c2ccccc2)c1.c1cc[n-]c1. The molecule has 0 bridgehead atoms. The van der Waals surface area contributed by atoms with Gasteiger partial charge in [-0.05, 0) is 23.3 Å². The number of hydrogen-bond donors (Lipinski definition) is 1. The van der Waals surface area contributed by atoms with Gasteiger partial charge in [-0.1, -0.05) is 72.8 Å². The molecule has 0 spiro atoms. The van der Waals surface area contributed by atoms with Crippen LogP contribution in [0.15, 0.2) is 149 Å². The van der Waals surface area contributed by atoms with Gasteiger partial charge in [0, 0.05) is 30.9 Å². The van der Waals surface area contributed by atoms with Gasteiger partial charge in [0.2, 0.25) is 0 Å². The Labute approximate surface area is 296 Å². The number of hydrogen-bond acceptors (Lipinski definition) is 3. The minimum atomic E-state index is -1.01. The number of aromatic hydroxyl groups is 1. The van der Waals surface area contributed by atoms with E-state index in [0.29, 0.717) is 15.8 Å². The summed E-state index contributed by atoms with van der Waals surface area (Å²) in [5.41, 5.74) is 6.87. The molecule has 1 N–H and O–H groups in total. The third-order valence-corrected chi connectivity index (χ3v) is 11.3. The Bertz CT molecular complexity index is 1790. The molecule has 240 valence electrons. The fraction of sp³-hybridized carbons (Fsp3) is 0.125. The molecule has 0 radical (unpaired) electrons. The molecule has 0 aliphatic rings. The molecular formula is C40H38Cl2N3OW-. The molecule has 0 unspecified atom stereocenters. The van der Waals surface area contributed by atoms with Crippen molar-refractivity contribution in [3.05, 3.63) is 161 Å². The first-order valence-corrected chi connectivity index (χ1v) is 18.8. The van der Waals surface area contributed by atoms with E-state index < -0.39 is 17.9 Å². The molecule has 47 heavy (non-hydrogen) atoms. The predicted octanol–water partition coefficient (Wildman–Crippen LogP) is 11.1. The molecule has 0 saturated carbocycles. The zero-order valence-corrected chi connectivity index (χ0v) is 31.3. The molecule has 6 rings (SSSR count). The first-order chi connectivity index (χ1) is 22.7. The second kappa shape index (κ2) is 17.7. The Morgan fingerprint density at radius 2 is 1.15 bits per heavy atom. The van der Waals surface area contributed by atoms with E-state index >= 15 is 0 Å². The Morgan fingerprint density at radius 1 is 0.681 bits per heavy atom. The Kier molecular flexibility index (Phi) is 13.5. The van der Waals surface area contributed by atoms with Crippen molar-refractivity contribution in [3.63, 3.8) is 0 Å². The number of nitrogens with zero attached hydrogens (tertiary/aromatic N) is 3. The molecule has 0 amide bonds. The summed E-state index contributed by atoms with van der Waals surface area (Å²) in [4.78, 5) is 5.78. The van der Waals surface area contributed by atoms with Crippen LogP contribution in [0.4, 0.5) is 11.4 Å². The number of phenols is 1. The van der Waals surface area contributed by atoms with Gasteiger partial charge >= 0.3 is 138 Å². The molecule has 6 aromatic rings. The molecule has 1 aromatic heterocycles. The molecular weight excluding hydrogens is 793 g/mol. The number of benzene rings is 5. The average Bonchev–Trinajstić information content (AvgIpc) is 3.68. The molecule has 0 fully saturated rings. The number of rotatable bonds is 6. The maximum atomic E-state index is 10.8. The number of aromatic nitrogens is 1. The minimum absolute atomic E-state index is 0.0309. The Hall–Kier alpha value is -4.08. The number of anilines is 1. The van der Waals surface area contributed by atoms with Gasteiger partial charge in [-0.15, -0.1) is 0 Å². The van der Waals surface area contributed by atoms with E-state index in [4.69, 9.17) is 23.2 Å². The van der Waals surface area contributed by atoms with Crippen LogP contribution in [0, 0.1) is 0 Å². The zero-order valence-electron chi connectivity index (χ0n) is 26.9. The van der Waals surface area contributed by atoms with E-state index in [1.807, 2.05) is 123 Å². The zero-order chi connectivity index (χ0) is 33.6. The van der Waals surface area contributed by atoms with Crippen molar-refractivity contribution < 1.29 is 23.0 Å². The van der Waals surface area contributed by atoms with Crippen molar-refractivity contribution in [1.29, 1.82) is 0 Å². The van der Waals surface area contributed by atoms with Gasteiger partial charge in [0.1, 0.15) is 5.75 Å². The molecule has 0 aliphatic carbocycles. The van der Waals surface area contributed by atoms with E-state index in [9.17, 15) is 5.11 Å². The normalized spacial score (nSPS) is 10.4. The van der Waals surface area contributed by atoms with E-state index in [1.165, 1.54) is 5.56 Å². The van der Waals surface area contributed by atoms with Crippen molar-refractivity contribution in [2.45, 2.75) is 19.3 Å². The average molecular weight is 832 g/mol. The van der Waals surface area contributed by atoms with Crippen LogP contribution < -0.4 is 9.88 Å². The van der Waals surface area contributed by atoms with Crippen molar-refractivity contribution in [3.8, 4) is 28.0 Å². The third-order valence-electron chi connectivity index (χ3n) is 7.18. The van der Waals surface area contributed by atoms with Gasteiger partial charge in [0.25, 0.3) is 0 Å². The van der Waals surface area contributed by atoms with Crippen LogP contribution in [-0.4, -0.2) is 23.6 Å². The molecule has 1 heterocycles. The van der Waals surface area contributed by atoms with Gasteiger partial charge in [-0.3, -0.25) is 0 Å². The minimum Gasteiger partial charge on any atom is -0.670 e. The standard InChI is InChI=1S/C20H19NO.C10H12.C6H3Cl2N.C4H4N.W/c1-21(2)17-13-18(15-9-5-3-6-10-15)20(22)19(14-17)16-11-7-4-8-12-16;1-10(2,3)9-7-5-4-6-8-9;7-4-2-1-3-5(8)6(4)9;1-2-4-5-3-1;/h3-14,22H,1-2H3;1,4-8H,2-3H3;1-3H;1-4H;/q;;;-1;. The van der Waals surface area contributed by atoms with Crippen molar-refractivity contribution >= 4 is 39.0 Å². The summed E-state index contributed by atoms with van der Waals surface area (Å²) < 4.78 is 7.00. The second-order valence-electron chi connectivity index (χ2n) is 11.3. The molecule has 0 aliphatic heterocycles. The van der Waals surface area contributed by atoms with Gasteiger partial charge in [-0.2, -0.15) is 12.4 Å². The molecule has 5 aromatic carbocycles. The topological polar surface area (TPSA) is 49.9 Å². The van der Waals surface area contributed by atoms with Crippen molar-refractivity contribution in [1.82, 2.24) is 4.98 Å². The number of halogens is 2. The summed E-state index contributed by atoms with van der Waals surface area (Å²) in [7, 11) is 4.02. The first kappa shape index (κ1) is 35.8. The number of phenolic OH excluding ortho intramolecular Hbond substituents is 1. The largest absolute Gasteiger partial charge is 0.670 e. The van der Waals surface area contributed by atoms with Crippen LogP contribution >= 0.6 is 23.2 Å². The molecule has 4 nitrogen and oxygen atoms in total. The maximum absolute atomic E-state index is 10.8. The van der Waals surface area contributed by atoms with Crippen LogP contribution in [0.1, 0.15) is 19.4 Å². The summed E-state index contributed by atoms with van der Waals surface area (Å²) in [5.74, 6) is 0.322. The van der Waals surface area contributed by atoms with Crippen LogP contribution in [0.25, 0.3) is 22.3 Å². The van der Waals surface area contributed by atoms with E-state index in [1.54, 1.807) is 12.4 Å². The fourth-order valence-electron chi connectivity index (χ4n) is 4.52.